The van der Waals surface area contributed by atoms with Crippen molar-refractivity contribution in [2.24, 2.45) is 0 Å². The normalized spacial score (nSPS) is 16.3. The minimum absolute atomic E-state index is 0.0916. The number of amides is 1. The summed E-state index contributed by atoms with van der Waals surface area (Å²) in [5.74, 6) is 1.28. The van der Waals surface area contributed by atoms with Crippen LogP contribution in [0, 0.1) is 0 Å². The fourth-order valence-electron chi connectivity index (χ4n) is 2.23. The standard InChI is InChI=1S/C16H24N2O4/c1-16(2,3)22-15(19)18-9-7-12(8-10-18)21-13-5-6-14(20-4)17-11-13/h5-6,11-12H,7-10H2,1-4H3. The third-order valence-corrected chi connectivity index (χ3v) is 3.31. The SMILES string of the molecule is COc1ccc(OC2CCN(C(=O)OC(C)(C)C)CC2)cn1. The molecular weight excluding hydrogens is 284 g/mol. The van der Waals surface area contributed by atoms with Crippen molar-refractivity contribution < 1.29 is 19.0 Å². The van der Waals surface area contributed by atoms with E-state index < -0.39 is 5.60 Å². The highest BCUT2D eigenvalue weighted by molar-refractivity contribution is 5.68. The van der Waals surface area contributed by atoms with E-state index in [2.05, 4.69) is 4.98 Å². The van der Waals surface area contributed by atoms with Gasteiger partial charge in [0, 0.05) is 32.0 Å². The lowest BCUT2D eigenvalue weighted by Crippen LogP contribution is -2.44. The molecule has 122 valence electrons. The fraction of sp³-hybridized carbons (Fsp3) is 0.625. The van der Waals surface area contributed by atoms with Crippen LogP contribution in [0.15, 0.2) is 18.3 Å². The molecule has 1 aliphatic heterocycles. The molecule has 1 aliphatic rings. The van der Waals surface area contributed by atoms with Crippen molar-refractivity contribution >= 4 is 6.09 Å². The molecule has 22 heavy (non-hydrogen) atoms. The van der Waals surface area contributed by atoms with Crippen molar-refractivity contribution in [1.29, 1.82) is 0 Å². The molecule has 1 aromatic heterocycles. The highest BCUT2D eigenvalue weighted by atomic mass is 16.6. The smallest absolute Gasteiger partial charge is 0.410 e. The van der Waals surface area contributed by atoms with E-state index in [9.17, 15) is 4.79 Å². The monoisotopic (exact) mass is 308 g/mol. The Hall–Kier alpha value is -1.98. The Kier molecular flexibility index (Phi) is 5.11. The van der Waals surface area contributed by atoms with Gasteiger partial charge < -0.3 is 19.1 Å². The summed E-state index contributed by atoms with van der Waals surface area (Å²) < 4.78 is 16.3. The summed E-state index contributed by atoms with van der Waals surface area (Å²) in [5.41, 5.74) is -0.459. The van der Waals surface area contributed by atoms with E-state index in [1.165, 1.54) is 0 Å². The van der Waals surface area contributed by atoms with Crippen molar-refractivity contribution in [3.8, 4) is 11.6 Å². The topological polar surface area (TPSA) is 60.9 Å². The Balaban J connectivity index is 1.80. The van der Waals surface area contributed by atoms with Crippen LogP contribution in [-0.2, 0) is 4.74 Å². The fourth-order valence-corrected chi connectivity index (χ4v) is 2.23. The molecule has 1 fully saturated rings. The summed E-state index contributed by atoms with van der Waals surface area (Å²) in [6.07, 6.45) is 3.06. The van der Waals surface area contributed by atoms with Crippen molar-refractivity contribution in [2.45, 2.75) is 45.3 Å². The van der Waals surface area contributed by atoms with Crippen molar-refractivity contribution in [1.82, 2.24) is 9.88 Å². The van der Waals surface area contributed by atoms with Gasteiger partial charge in [-0.2, -0.15) is 0 Å². The summed E-state index contributed by atoms with van der Waals surface area (Å²) >= 11 is 0. The van der Waals surface area contributed by atoms with Gasteiger partial charge in [-0.05, 0) is 26.8 Å². The van der Waals surface area contributed by atoms with Crippen LogP contribution in [0.1, 0.15) is 33.6 Å². The second kappa shape index (κ2) is 6.85. The summed E-state index contributed by atoms with van der Waals surface area (Å²) in [7, 11) is 1.58. The number of nitrogens with zero attached hydrogens (tertiary/aromatic N) is 2. The first kappa shape index (κ1) is 16.4. The Bertz CT molecular complexity index is 488. The molecule has 0 aliphatic carbocycles. The molecule has 1 saturated heterocycles. The van der Waals surface area contributed by atoms with Gasteiger partial charge in [0.25, 0.3) is 0 Å². The lowest BCUT2D eigenvalue weighted by Gasteiger charge is -2.33. The number of carbonyl (C=O) groups excluding carboxylic acids is 1. The predicted molar refractivity (Wildman–Crippen MR) is 82.2 cm³/mol. The number of hydrogen-bond donors (Lipinski definition) is 0. The van der Waals surface area contributed by atoms with E-state index in [0.717, 1.165) is 18.6 Å². The van der Waals surface area contributed by atoms with Gasteiger partial charge in [0.05, 0.1) is 13.3 Å². The highest BCUT2D eigenvalue weighted by Crippen LogP contribution is 2.21. The Morgan fingerprint density at radius 2 is 1.95 bits per heavy atom. The molecule has 0 atom stereocenters. The van der Waals surface area contributed by atoms with Crippen LogP contribution in [0.4, 0.5) is 4.79 Å². The van der Waals surface area contributed by atoms with E-state index in [0.29, 0.717) is 19.0 Å². The van der Waals surface area contributed by atoms with Crippen LogP contribution in [0.5, 0.6) is 11.6 Å². The third kappa shape index (κ3) is 4.79. The van der Waals surface area contributed by atoms with Gasteiger partial charge in [-0.3, -0.25) is 0 Å². The molecule has 1 amide bonds. The van der Waals surface area contributed by atoms with E-state index >= 15 is 0 Å². The number of carbonyl (C=O) groups is 1. The first-order valence-electron chi connectivity index (χ1n) is 7.52. The summed E-state index contributed by atoms with van der Waals surface area (Å²) in [6.45, 7) is 6.90. The van der Waals surface area contributed by atoms with E-state index in [4.69, 9.17) is 14.2 Å². The van der Waals surface area contributed by atoms with E-state index in [1.807, 2.05) is 26.8 Å². The summed E-state index contributed by atoms with van der Waals surface area (Å²) in [5, 5.41) is 0. The molecule has 6 heteroatoms. The lowest BCUT2D eigenvalue weighted by atomic mass is 10.1. The molecule has 0 saturated carbocycles. The minimum Gasteiger partial charge on any atom is -0.489 e. The molecule has 0 radical (unpaired) electrons. The maximum Gasteiger partial charge on any atom is 0.410 e. The van der Waals surface area contributed by atoms with Crippen molar-refractivity contribution in [2.75, 3.05) is 20.2 Å². The summed E-state index contributed by atoms with van der Waals surface area (Å²) in [6, 6.07) is 3.61. The molecule has 1 aromatic rings. The van der Waals surface area contributed by atoms with Crippen LogP contribution < -0.4 is 9.47 Å². The average Bonchev–Trinajstić information content (AvgIpc) is 2.47. The first-order valence-corrected chi connectivity index (χ1v) is 7.52. The molecule has 0 bridgehead atoms. The van der Waals surface area contributed by atoms with Gasteiger partial charge in [0.2, 0.25) is 5.88 Å². The quantitative estimate of drug-likeness (QED) is 0.859. The zero-order chi connectivity index (χ0) is 16.2. The van der Waals surface area contributed by atoms with Gasteiger partial charge in [0.1, 0.15) is 17.5 Å². The number of likely N-dealkylation sites (tertiary alicyclic amines) is 1. The zero-order valence-corrected chi connectivity index (χ0v) is 13.7. The molecule has 2 heterocycles. The number of hydrogen-bond acceptors (Lipinski definition) is 5. The first-order chi connectivity index (χ1) is 10.4. The Labute approximate surface area is 131 Å². The number of aromatic nitrogens is 1. The molecule has 0 aromatic carbocycles. The maximum atomic E-state index is 12.0. The van der Waals surface area contributed by atoms with Crippen LogP contribution >= 0.6 is 0 Å². The lowest BCUT2D eigenvalue weighted by molar-refractivity contribution is 0.0126. The van der Waals surface area contributed by atoms with Gasteiger partial charge in [0.15, 0.2) is 0 Å². The summed E-state index contributed by atoms with van der Waals surface area (Å²) in [4.78, 5) is 17.8. The zero-order valence-electron chi connectivity index (χ0n) is 13.7. The number of ether oxygens (including phenoxy) is 3. The second-order valence-electron chi connectivity index (χ2n) is 6.32. The van der Waals surface area contributed by atoms with Crippen LogP contribution in [0.25, 0.3) is 0 Å². The third-order valence-electron chi connectivity index (χ3n) is 3.31. The van der Waals surface area contributed by atoms with Gasteiger partial charge >= 0.3 is 6.09 Å². The largest absolute Gasteiger partial charge is 0.489 e. The number of methoxy groups -OCH3 is 1. The molecule has 2 rings (SSSR count). The van der Waals surface area contributed by atoms with Crippen LogP contribution in [-0.4, -0.2) is 47.9 Å². The molecule has 0 unspecified atom stereocenters. The van der Waals surface area contributed by atoms with E-state index in [1.54, 1.807) is 24.3 Å². The van der Waals surface area contributed by atoms with Crippen LogP contribution in [0.2, 0.25) is 0 Å². The predicted octanol–water partition coefficient (Wildman–Crippen LogP) is 2.87. The Morgan fingerprint density at radius 3 is 2.45 bits per heavy atom. The average molecular weight is 308 g/mol. The van der Waals surface area contributed by atoms with Crippen molar-refractivity contribution in [3.63, 3.8) is 0 Å². The number of piperidine rings is 1. The maximum absolute atomic E-state index is 12.0. The second-order valence-corrected chi connectivity index (χ2v) is 6.32. The molecule has 0 N–H and O–H groups in total. The van der Waals surface area contributed by atoms with Crippen LogP contribution in [0.3, 0.4) is 0 Å². The molecular formula is C16H24N2O4. The van der Waals surface area contributed by atoms with Crippen molar-refractivity contribution in [3.05, 3.63) is 18.3 Å². The van der Waals surface area contributed by atoms with Gasteiger partial charge in [-0.25, -0.2) is 9.78 Å². The highest BCUT2D eigenvalue weighted by Gasteiger charge is 2.27. The Morgan fingerprint density at radius 1 is 1.27 bits per heavy atom. The minimum atomic E-state index is -0.459. The van der Waals surface area contributed by atoms with E-state index in [-0.39, 0.29) is 12.2 Å². The number of rotatable bonds is 3. The van der Waals surface area contributed by atoms with Gasteiger partial charge in [-0.15, -0.1) is 0 Å². The molecule has 6 nitrogen and oxygen atoms in total. The molecule has 0 spiro atoms. The number of pyridine rings is 1. The van der Waals surface area contributed by atoms with Gasteiger partial charge in [-0.1, -0.05) is 0 Å².